The molecule has 0 saturated heterocycles. The first kappa shape index (κ1) is 10.2. The van der Waals surface area contributed by atoms with Crippen molar-refractivity contribution in [3.05, 3.63) is 28.7 Å². The first-order valence-corrected chi connectivity index (χ1v) is 5.66. The highest BCUT2D eigenvalue weighted by Gasteiger charge is 1.94. The van der Waals surface area contributed by atoms with E-state index in [1.54, 1.807) is 0 Å². The van der Waals surface area contributed by atoms with Gasteiger partial charge in [0.05, 0.1) is 10.3 Å². The molecule has 0 fully saturated rings. The van der Waals surface area contributed by atoms with Crippen molar-refractivity contribution in [2.75, 3.05) is 10.6 Å². The van der Waals surface area contributed by atoms with Crippen LogP contribution in [0.4, 0.5) is 5.69 Å². The fourth-order valence-corrected chi connectivity index (χ4v) is 1.25. The number of benzene rings is 1. The third-order valence-electron chi connectivity index (χ3n) is 1.25. The lowest BCUT2D eigenvalue weighted by Crippen LogP contribution is -2.09. The lowest BCUT2D eigenvalue weighted by atomic mass is 10.3. The predicted octanol–water partition coefficient (Wildman–Crippen LogP) is 3.58. The number of rotatable bonds is 2. The van der Waals surface area contributed by atoms with Gasteiger partial charge in [-0.05, 0) is 24.3 Å². The summed E-state index contributed by atoms with van der Waals surface area (Å²) in [5.41, 5.74) is 1.02. The van der Waals surface area contributed by atoms with Gasteiger partial charge in [-0.15, -0.1) is 0 Å². The molecule has 1 aromatic carbocycles. The quantitative estimate of drug-likeness (QED) is 0.662. The maximum atomic E-state index is 5.00. The van der Waals surface area contributed by atoms with Crippen molar-refractivity contribution >= 4 is 54.8 Å². The Bertz CT molecular complexity index is 271. The van der Waals surface area contributed by atoms with Crippen LogP contribution in [0.5, 0.6) is 0 Å². The van der Waals surface area contributed by atoms with E-state index in [4.69, 9.17) is 12.2 Å². The molecule has 1 N–H and O–H groups in total. The molecule has 0 heterocycles. The number of alkyl halides is 1. The molecule has 0 saturated carbocycles. The second kappa shape index (κ2) is 4.94. The Kier molecular flexibility index (Phi) is 4.18. The summed E-state index contributed by atoms with van der Waals surface area (Å²) in [5.74, 6) is 0. The molecule has 1 rings (SSSR count). The molecule has 0 atom stereocenters. The average molecular weight is 309 g/mol. The molecule has 0 aromatic heterocycles. The van der Waals surface area contributed by atoms with Gasteiger partial charge < -0.3 is 5.32 Å². The minimum Gasteiger partial charge on any atom is -0.349 e. The zero-order valence-electron chi connectivity index (χ0n) is 6.18. The van der Waals surface area contributed by atoms with E-state index >= 15 is 0 Å². The Morgan fingerprint density at radius 2 is 1.92 bits per heavy atom. The van der Waals surface area contributed by atoms with E-state index < -0.39 is 0 Å². The summed E-state index contributed by atoms with van der Waals surface area (Å²) in [6, 6.07) is 7.89. The molecule has 0 bridgehead atoms. The van der Waals surface area contributed by atoms with Crippen LogP contribution in [-0.2, 0) is 0 Å². The number of nitrogens with one attached hydrogen (secondary N) is 1. The van der Waals surface area contributed by atoms with Gasteiger partial charge in [0.1, 0.15) is 0 Å². The Morgan fingerprint density at radius 3 is 2.42 bits per heavy atom. The van der Waals surface area contributed by atoms with Crippen molar-refractivity contribution < 1.29 is 0 Å². The number of halogens is 2. The zero-order chi connectivity index (χ0) is 8.97. The SMILES string of the molecule is S=C(CBr)Nc1ccc(Br)cc1. The minimum atomic E-state index is 0.693. The maximum Gasteiger partial charge on any atom is 0.0904 e. The van der Waals surface area contributed by atoms with Gasteiger partial charge in [-0.1, -0.05) is 44.1 Å². The molecule has 4 heteroatoms. The maximum absolute atomic E-state index is 5.00. The Labute approximate surface area is 93.8 Å². The molecule has 0 aliphatic rings. The van der Waals surface area contributed by atoms with Gasteiger partial charge in [-0.25, -0.2) is 0 Å². The monoisotopic (exact) mass is 307 g/mol. The van der Waals surface area contributed by atoms with Crippen molar-refractivity contribution in [1.82, 2.24) is 0 Å². The molecule has 1 nitrogen and oxygen atoms in total. The van der Waals surface area contributed by atoms with Crippen LogP contribution < -0.4 is 5.32 Å². The molecular formula is C8H7Br2NS. The van der Waals surface area contributed by atoms with E-state index in [0.29, 0.717) is 5.33 Å². The van der Waals surface area contributed by atoms with E-state index in [1.165, 1.54) is 0 Å². The van der Waals surface area contributed by atoms with Gasteiger partial charge in [0.15, 0.2) is 0 Å². The summed E-state index contributed by atoms with van der Waals surface area (Å²) >= 11 is 11.6. The first-order chi connectivity index (χ1) is 5.72. The summed E-state index contributed by atoms with van der Waals surface area (Å²) in [4.78, 5) is 0.789. The summed E-state index contributed by atoms with van der Waals surface area (Å²) in [6.45, 7) is 0. The van der Waals surface area contributed by atoms with Crippen molar-refractivity contribution in [2.45, 2.75) is 0 Å². The fourth-order valence-electron chi connectivity index (χ4n) is 0.728. The lowest BCUT2D eigenvalue weighted by Gasteiger charge is -2.04. The largest absolute Gasteiger partial charge is 0.349 e. The molecule has 12 heavy (non-hydrogen) atoms. The predicted molar refractivity (Wildman–Crippen MR) is 64.2 cm³/mol. The second-order valence-corrected chi connectivity index (χ2v) is 4.16. The molecule has 0 amide bonds. The molecule has 0 radical (unpaired) electrons. The number of thiocarbonyl (C=S) groups is 1. The zero-order valence-corrected chi connectivity index (χ0v) is 10.2. The van der Waals surface area contributed by atoms with Crippen LogP contribution in [0.2, 0.25) is 0 Å². The summed E-state index contributed by atoms with van der Waals surface area (Å²) < 4.78 is 1.07. The van der Waals surface area contributed by atoms with Crippen molar-refractivity contribution in [1.29, 1.82) is 0 Å². The molecule has 0 aliphatic heterocycles. The van der Waals surface area contributed by atoms with Crippen LogP contribution in [0.3, 0.4) is 0 Å². The smallest absolute Gasteiger partial charge is 0.0904 e. The summed E-state index contributed by atoms with van der Waals surface area (Å²) in [7, 11) is 0. The topological polar surface area (TPSA) is 12.0 Å². The standard InChI is InChI=1S/C8H7Br2NS/c9-5-8(12)11-7-3-1-6(10)2-4-7/h1-4H,5H2,(H,11,12). The van der Waals surface area contributed by atoms with Gasteiger partial charge in [0.25, 0.3) is 0 Å². The van der Waals surface area contributed by atoms with E-state index in [-0.39, 0.29) is 0 Å². The molecule has 0 spiro atoms. The van der Waals surface area contributed by atoms with Crippen LogP contribution in [0.25, 0.3) is 0 Å². The average Bonchev–Trinajstić information content (AvgIpc) is 2.09. The van der Waals surface area contributed by atoms with E-state index in [0.717, 1.165) is 15.1 Å². The number of hydrogen-bond acceptors (Lipinski definition) is 1. The van der Waals surface area contributed by atoms with Gasteiger partial charge in [0, 0.05) is 10.2 Å². The van der Waals surface area contributed by atoms with Crippen molar-refractivity contribution in [3.63, 3.8) is 0 Å². The fraction of sp³-hybridized carbons (Fsp3) is 0.125. The molecule has 0 unspecified atom stereocenters. The molecular weight excluding hydrogens is 302 g/mol. The number of hydrogen-bond donors (Lipinski definition) is 1. The van der Waals surface area contributed by atoms with Crippen LogP contribution in [0.1, 0.15) is 0 Å². The van der Waals surface area contributed by atoms with Crippen molar-refractivity contribution in [2.24, 2.45) is 0 Å². The van der Waals surface area contributed by atoms with Gasteiger partial charge >= 0.3 is 0 Å². The third kappa shape index (κ3) is 3.21. The summed E-state index contributed by atoms with van der Waals surface area (Å²) in [5, 5.41) is 3.78. The van der Waals surface area contributed by atoms with E-state index in [2.05, 4.69) is 37.2 Å². The second-order valence-electron chi connectivity index (χ2n) is 2.19. The highest BCUT2D eigenvalue weighted by Crippen LogP contribution is 2.14. The van der Waals surface area contributed by atoms with Gasteiger partial charge in [-0.2, -0.15) is 0 Å². The van der Waals surface area contributed by atoms with Gasteiger partial charge in [-0.3, -0.25) is 0 Å². The van der Waals surface area contributed by atoms with E-state index in [9.17, 15) is 0 Å². The minimum absolute atomic E-state index is 0.693. The van der Waals surface area contributed by atoms with Crippen LogP contribution in [0.15, 0.2) is 28.7 Å². The highest BCUT2D eigenvalue weighted by atomic mass is 79.9. The van der Waals surface area contributed by atoms with Crippen LogP contribution in [-0.4, -0.2) is 10.3 Å². The molecule has 1 aromatic rings. The Morgan fingerprint density at radius 1 is 1.33 bits per heavy atom. The third-order valence-corrected chi connectivity index (χ3v) is 2.96. The number of anilines is 1. The van der Waals surface area contributed by atoms with Crippen LogP contribution in [0, 0.1) is 0 Å². The Hall–Kier alpha value is 0.0700. The van der Waals surface area contributed by atoms with E-state index in [1.807, 2.05) is 24.3 Å². The lowest BCUT2D eigenvalue weighted by molar-refractivity contribution is 1.61. The molecule has 64 valence electrons. The highest BCUT2D eigenvalue weighted by molar-refractivity contribution is 9.10. The normalized spacial score (nSPS) is 9.50. The summed E-state index contributed by atoms with van der Waals surface area (Å²) in [6.07, 6.45) is 0. The first-order valence-electron chi connectivity index (χ1n) is 3.34. The van der Waals surface area contributed by atoms with Crippen LogP contribution >= 0.6 is 44.1 Å². The van der Waals surface area contributed by atoms with Gasteiger partial charge in [0.2, 0.25) is 0 Å². The molecule has 0 aliphatic carbocycles. The van der Waals surface area contributed by atoms with Crippen molar-refractivity contribution in [3.8, 4) is 0 Å². The Balaban J connectivity index is 2.64.